The van der Waals surface area contributed by atoms with Gasteiger partial charge in [0.2, 0.25) is 0 Å². The topological polar surface area (TPSA) is 55.6 Å². The van der Waals surface area contributed by atoms with Gasteiger partial charge in [-0.05, 0) is 23.6 Å². The van der Waals surface area contributed by atoms with Gasteiger partial charge >= 0.3 is 0 Å². The van der Waals surface area contributed by atoms with Gasteiger partial charge in [0.25, 0.3) is 0 Å². The van der Waals surface area contributed by atoms with Crippen LogP contribution in [0, 0.1) is 5.92 Å². The summed E-state index contributed by atoms with van der Waals surface area (Å²) in [5.41, 5.74) is 1.21. The average molecular weight is 283 g/mol. The van der Waals surface area contributed by atoms with Crippen LogP contribution in [-0.2, 0) is 13.0 Å². The van der Waals surface area contributed by atoms with E-state index in [1.807, 2.05) is 12.4 Å². The molecule has 5 heteroatoms. The predicted molar refractivity (Wildman–Crippen MR) is 79.8 cm³/mol. The van der Waals surface area contributed by atoms with Gasteiger partial charge in [-0.15, -0.1) is 10.2 Å². The third-order valence-corrected chi connectivity index (χ3v) is 4.78. The molecule has 2 aliphatic rings. The van der Waals surface area contributed by atoms with Gasteiger partial charge in [-0.3, -0.25) is 4.98 Å². The maximum absolute atomic E-state index is 4.49. The van der Waals surface area contributed by atoms with E-state index in [4.69, 9.17) is 0 Å². The molecule has 2 aromatic rings. The number of hydrogen-bond acceptors (Lipinski definition) is 4. The molecule has 3 heterocycles. The summed E-state index contributed by atoms with van der Waals surface area (Å²) in [5, 5.41) is 12.5. The van der Waals surface area contributed by atoms with E-state index in [1.165, 1.54) is 37.1 Å². The number of fused-ring (bicyclic) bond motifs is 1. The minimum atomic E-state index is 0.145. The fourth-order valence-electron chi connectivity index (χ4n) is 3.66. The number of pyridine rings is 1. The minimum absolute atomic E-state index is 0.145. The molecule has 5 nitrogen and oxygen atoms in total. The molecule has 2 aromatic heterocycles. The van der Waals surface area contributed by atoms with E-state index in [0.717, 1.165) is 31.3 Å². The molecule has 1 aliphatic carbocycles. The van der Waals surface area contributed by atoms with E-state index in [-0.39, 0.29) is 6.04 Å². The van der Waals surface area contributed by atoms with E-state index < -0.39 is 0 Å². The second kappa shape index (κ2) is 5.56. The fraction of sp³-hybridized carbons (Fsp3) is 0.562. The number of nitrogens with zero attached hydrogens (tertiary/aromatic N) is 4. The summed E-state index contributed by atoms with van der Waals surface area (Å²) in [6.07, 6.45) is 10.2. The second-order valence-corrected chi connectivity index (χ2v) is 6.15. The third-order valence-electron chi connectivity index (χ3n) is 4.78. The molecule has 1 atom stereocenters. The molecule has 0 radical (unpaired) electrons. The average Bonchev–Trinajstić information content (AvgIpc) is 3.19. The van der Waals surface area contributed by atoms with Gasteiger partial charge < -0.3 is 9.88 Å². The molecule has 0 bridgehead atoms. The van der Waals surface area contributed by atoms with Crippen LogP contribution in [0.15, 0.2) is 24.5 Å². The van der Waals surface area contributed by atoms with Crippen LogP contribution in [-0.4, -0.2) is 26.3 Å². The Balaban J connectivity index is 1.62. The van der Waals surface area contributed by atoms with Gasteiger partial charge in [-0.1, -0.05) is 25.7 Å². The molecule has 110 valence electrons. The molecular formula is C16H21N5. The van der Waals surface area contributed by atoms with Crippen molar-refractivity contribution in [3.05, 3.63) is 41.7 Å². The Morgan fingerprint density at radius 2 is 1.95 bits per heavy atom. The zero-order chi connectivity index (χ0) is 14.1. The zero-order valence-electron chi connectivity index (χ0n) is 12.2. The highest BCUT2D eigenvalue weighted by molar-refractivity contribution is 5.24. The second-order valence-electron chi connectivity index (χ2n) is 6.15. The first-order chi connectivity index (χ1) is 10.4. The van der Waals surface area contributed by atoms with Gasteiger partial charge in [0.05, 0.1) is 6.04 Å². The van der Waals surface area contributed by atoms with Gasteiger partial charge in [0.15, 0.2) is 5.82 Å². The largest absolute Gasteiger partial charge is 0.312 e. The summed E-state index contributed by atoms with van der Waals surface area (Å²) in [6.45, 7) is 1.95. The maximum atomic E-state index is 4.49. The fourth-order valence-corrected chi connectivity index (χ4v) is 3.66. The molecule has 0 spiro atoms. The van der Waals surface area contributed by atoms with Crippen molar-refractivity contribution in [3.63, 3.8) is 0 Å². The monoisotopic (exact) mass is 283 g/mol. The lowest BCUT2D eigenvalue weighted by atomic mass is 10.0. The lowest BCUT2D eigenvalue weighted by Gasteiger charge is -2.25. The van der Waals surface area contributed by atoms with Crippen molar-refractivity contribution in [2.45, 2.75) is 44.7 Å². The molecule has 0 amide bonds. The number of rotatable bonds is 3. The van der Waals surface area contributed by atoms with Crippen molar-refractivity contribution < 1.29 is 0 Å². The Labute approximate surface area is 124 Å². The van der Waals surface area contributed by atoms with E-state index in [2.05, 4.69) is 37.2 Å². The molecule has 0 aromatic carbocycles. The first kappa shape index (κ1) is 13.0. The molecule has 1 N–H and O–H groups in total. The van der Waals surface area contributed by atoms with Crippen molar-refractivity contribution in [2.75, 3.05) is 6.54 Å². The Morgan fingerprint density at radius 1 is 1.14 bits per heavy atom. The number of hydrogen-bond donors (Lipinski definition) is 1. The Morgan fingerprint density at radius 3 is 2.76 bits per heavy atom. The molecule has 4 rings (SSSR count). The smallest absolute Gasteiger partial charge is 0.154 e. The van der Waals surface area contributed by atoms with Crippen LogP contribution in [0.1, 0.15) is 48.9 Å². The Bertz CT molecular complexity index is 600. The van der Waals surface area contributed by atoms with Crippen LogP contribution in [0.5, 0.6) is 0 Å². The van der Waals surface area contributed by atoms with Crippen LogP contribution in [0.3, 0.4) is 0 Å². The first-order valence-corrected chi connectivity index (χ1v) is 7.97. The zero-order valence-corrected chi connectivity index (χ0v) is 12.2. The van der Waals surface area contributed by atoms with Crippen LogP contribution in [0.4, 0.5) is 0 Å². The van der Waals surface area contributed by atoms with Crippen LogP contribution in [0.25, 0.3) is 0 Å². The molecule has 1 saturated carbocycles. The Hall–Kier alpha value is -1.75. The summed E-state index contributed by atoms with van der Waals surface area (Å²) >= 11 is 0. The molecule has 1 unspecified atom stereocenters. The van der Waals surface area contributed by atoms with Crippen molar-refractivity contribution in [1.82, 2.24) is 25.1 Å². The van der Waals surface area contributed by atoms with Crippen molar-refractivity contribution in [1.29, 1.82) is 0 Å². The molecular weight excluding hydrogens is 262 g/mol. The molecule has 1 fully saturated rings. The minimum Gasteiger partial charge on any atom is -0.312 e. The Kier molecular flexibility index (Phi) is 3.43. The predicted octanol–water partition coefficient (Wildman–Crippen LogP) is 2.10. The summed E-state index contributed by atoms with van der Waals surface area (Å²) in [6, 6.07) is 4.25. The summed E-state index contributed by atoms with van der Waals surface area (Å²) < 4.78 is 2.33. The van der Waals surface area contributed by atoms with Crippen molar-refractivity contribution in [2.24, 2.45) is 5.92 Å². The summed E-state index contributed by atoms with van der Waals surface area (Å²) in [7, 11) is 0. The number of aromatic nitrogens is 4. The highest BCUT2D eigenvalue weighted by Gasteiger charge is 2.27. The van der Waals surface area contributed by atoms with E-state index in [1.54, 1.807) is 0 Å². The third kappa shape index (κ3) is 2.46. The SMILES string of the molecule is c1cc(C2NCCn3c(CC4CCCC4)nnc32)ccn1. The van der Waals surface area contributed by atoms with Crippen molar-refractivity contribution in [3.8, 4) is 0 Å². The highest BCUT2D eigenvalue weighted by Crippen LogP contribution is 2.29. The van der Waals surface area contributed by atoms with Gasteiger partial charge in [0.1, 0.15) is 5.82 Å². The lowest BCUT2D eigenvalue weighted by Crippen LogP contribution is -2.35. The van der Waals surface area contributed by atoms with Gasteiger partial charge in [-0.25, -0.2) is 0 Å². The molecule has 1 aliphatic heterocycles. The van der Waals surface area contributed by atoms with Crippen LogP contribution >= 0.6 is 0 Å². The summed E-state index contributed by atoms with van der Waals surface area (Å²) in [4.78, 5) is 4.10. The number of nitrogens with one attached hydrogen (secondary N) is 1. The summed E-state index contributed by atoms with van der Waals surface area (Å²) in [5.74, 6) is 3.05. The molecule has 21 heavy (non-hydrogen) atoms. The lowest BCUT2D eigenvalue weighted by molar-refractivity contribution is 0.433. The van der Waals surface area contributed by atoms with Crippen LogP contribution in [0.2, 0.25) is 0 Å². The van der Waals surface area contributed by atoms with E-state index in [9.17, 15) is 0 Å². The van der Waals surface area contributed by atoms with Crippen molar-refractivity contribution >= 4 is 0 Å². The van der Waals surface area contributed by atoms with Gasteiger partial charge in [0, 0.05) is 31.9 Å². The molecule has 0 saturated heterocycles. The standard InChI is InChI=1S/C16H21N5/c1-2-4-12(3-1)11-14-19-20-16-15(18-9-10-21(14)16)13-5-7-17-8-6-13/h5-8,12,15,18H,1-4,9-11H2. The normalized spacial score (nSPS) is 22.4. The first-order valence-electron chi connectivity index (χ1n) is 7.97. The highest BCUT2D eigenvalue weighted by atomic mass is 15.3. The van der Waals surface area contributed by atoms with Crippen LogP contribution < -0.4 is 5.32 Å². The van der Waals surface area contributed by atoms with E-state index >= 15 is 0 Å². The maximum Gasteiger partial charge on any atom is 0.154 e. The quantitative estimate of drug-likeness (QED) is 0.937. The van der Waals surface area contributed by atoms with Gasteiger partial charge in [-0.2, -0.15) is 0 Å². The van der Waals surface area contributed by atoms with E-state index in [0.29, 0.717) is 0 Å².